The van der Waals surface area contributed by atoms with Gasteiger partial charge in [-0.1, -0.05) is 0 Å². The number of aliphatic hydroxyl groups excluding tert-OH is 1. The third kappa shape index (κ3) is 2.38. The molecule has 0 aromatic heterocycles. The van der Waals surface area contributed by atoms with Gasteiger partial charge in [-0.05, 0) is 45.7 Å². The van der Waals surface area contributed by atoms with Gasteiger partial charge in [-0.2, -0.15) is 0 Å². The highest BCUT2D eigenvalue weighted by Gasteiger charge is 2.35. The Labute approximate surface area is 97.0 Å². The Morgan fingerprint density at radius 1 is 1.38 bits per heavy atom. The summed E-state index contributed by atoms with van der Waals surface area (Å²) < 4.78 is 0. The lowest BCUT2D eigenvalue weighted by Crippen LogP contribution is -2.46. The van der Waals surface area contributed by atoms with Crippen molar-refractivity contribution >= 4 is 5.91 Å². The minimum Gasteiger partial charge on any atom is -0.391 e. The lowest BCUT2D eigenvalue weighted by atomic mass is 9.96. The molecule has 16 heavy (non-hydrogen) atoms. The minimum absolute atomic E-state index is 0.0578. The van der Waals surface area contributed by atoms with Crippen molar-refractivity contribution in [1.29, 1.82) is 0 Å². The number of aliphatic hydroxyl groups is 1. The Kier molecular flexibility index (Phi) is 3.82. The summed E-state index contributed by atoms with van der Waals surface area (Å²) in [6.07, 6.45) is 3.48. The second kappa shape index (κ2) is 5.15. The Morgan fingerprint density at radius 2 is 2.06 bits per heavy atom. The van der Waals surface area contributed by atoms with Crippen molar-refractivity contribution in [3.63, 3.8) is 0 Å². The first-order chi connectivity index (χ1) is 7.70. The average Bonchev–Trinajstić information content (AvgIpc) is 2.78. The van der Waals surface area contributed by atoms with E-state index in [-0.39, 0.29) is 17.9 Å². The van der Waals surface area contributed by atoms with Crippen LogP contribution in [0.2, 0.25) is 0 Å². The number of hydrogen-bond acceptors (Lipinski definition) is 3. The van der Waals surface area contributed by atoms with E-state index in [9.17, 15) is 9.90 Å². The van der Waals surface area contributed by atoms with Gasteiger partial charge in [-0.3, -0.25) is 4.79 Å². The number of nitrogens with one attached hydrogen (secondary N) is 1. The zero-order chi connectivity index (χ0) is 11.5. The Balaban J connectivity index is 1.97. The summed E-state index contributed by atoms with van der Waals surface area (Å²) in [6.45, 7) is 4.52. The highest BCUT2D eigenvalue weighted by atomic mass is 16.3. The number of rotatable bonds is 2. The highest BCUT2D eigenvalue weighted by molar-refractivity contribution is 5.79. The van der Waals surface area contributed by atoms with Crippen molar-refractivity contribution in [2.75, 3.05) is 19.6 Å². The van der Waals surface area contributed by atoms with Crippen molar-refractivity contribution in [1.82, 2.24) is 10.2 Å². The number of amides is 1. The molecule has 0 aromatic rings. The lowest BCUT2D eigenvalue weighted by molar-refractivity contribution is -0.139. The fraction of sp³-hybridized carbons (Fsp3) is 0.917. The molecular weight excluding hydrogens is 204 g/mol. The van der Waals surface area contributed by atoms with E-state index in [1.807, 2.05) is 4.90 Å². The summed E-state index contributed by atoms with van der Waals surface area (Å²) in [5.74, 6) is 0.450. The van der Waals surface area contributed by atoms with Gasteiger partial charge in [0, 0.05) is 12.5 Å². The van der Waals surface area contributed by atoms with Crippen molar-refractivity contribution in [3.05, 3.63) is 0 Å². The summed E-state index contributed by atoms with van der Waals surface area (Å²) >= 11 is 0. The number of piperidine rings is 1. The van der Waals surface area contributed by atoms with E-state index in [1.165, 1.54) is 0 Å². The third-order valence-corrected chi connectivity index (χ3v) is 3.83. The molecule has 4 nitrogen and oxygen atoms in total. The molecule has 0 spiro atoms. The van der Waals surface area contributed by atoms with E-state index in [1.54, 1.807) is 6.92 Å². The van der Waals surface area contributed by atoms with Gasteiger partial charge in [0.05, 0.1) is 12.1 Å². The largest absolute Gasteiger partial charge is 0.391 e. The summed E-state index contributed by atoms with van der Waals surface area (Å²) in [6, 6.07) is 0.0578. The van der Waals surface area contributed by atoms with Gasteiger partial charge in [0.25, 0.3) is 0 Å². The van der Waals surface area contributed by atoms with Crippen LogP contribution in [0.15, 0.2) is 0 Å². The van der Waals surface area contributed by atoms with Gasteiger partial charge in [0.1, 0.15) is 0 Å². The van der Waals surface area contributed by atoms with E-state index in [2.05, 4.69) is 5.32 Å². The number of carbonyl (C=O) groups is 1. The zero-order valence-corrected chi connectivity index (χ0v) is 9.98. The molecule has 2 N–H and O–H groups in total. The predicted octanol–water partition coefficient (Wildman–Crippen LogP) is 0.358. The molecule has 2 fully saturated rings. The molecule has 1 amide bonds. The fourth-order valence-electron chi connectivity index (χ4n) is 2.87. The van der Waals surface area contributed by atoms with Crippen LogP contribution in [-0.2, 0) is 4.79 Å². The molecule has 0 aliphatic carbocycles. The maximum Gasteiger partial charge on any atom is 0.226 e. The first-order valence-corrected chi connectivity index (χ1v) is 6.39. The number of carbonyl (C=O) groups excluding carboxylic acids is 1. The van der Waals surface area contributed by atoms with Crippen molar-refractivity contribution in [2.45, 2.75) is 44.8 Å². The van der Waals surface area contributed by atoms with E-state index < -0.39 is 6.10 Å². The third-order valence-electron chi connectivity index (χ3n) is 3.83. The molecule has 2 aliphatic rings. The number of likely N-dealkylation sites (tertiary alicyclic amines) is 1. The highest BCUT2D eigenvalue weighted by Crippen LogP contribution is 2.25. The average molecular weight is 226 g/mol. The molecule has 2 rings (SSSR count). The molecule has 2 heterocycles. The Hall–Kier alpha value is -0.610. The van der Waals surface area contributed by atoms with Crippen LogP contribution >= 0.6 is 0 Å². The molecule has 0 radical (unpaired) electrons. The summed E-state index contributed by atoms with van der Waals surface area (Å²) in [5, 5.41) is 12.9. The van der Waals surface area contributed by atoms with Crippen LogP contribution in [0.4, 0.5) is 0 Å². The quantitative estimate of drug-likeness (QED) is 0.715. The van der Waals surface area contributed by atoms with Crippen LogP contribution in [0.5, 0.6) is 0 Å². The zero-order valence-electron chi connectivity index (χ0n) is 9.98. The van der Waals surface area contributed by atoms with Gasteiger partial charge >= 0.3 is 0 Å². The lowest BCUT2D eigenvalue weighted by Gasteiger charge is -2.32. The maximum absolute atomic E-state index is 12.3. The van der Waals surface area contributed by atoms with Crippen LogP contribution < -0.4 is 5.32 Å². The van der Waals surface area contributed by atoms with Gasteiger partial charge < -0.3 is 15.3 Å². The molecule has 2 aliphatic heterocycles. The van der Waals surface area contributed by atoms with Crippen LogP contribution in [0.25, 0.3) is 0 Å². The molecule has 4 heteroatoms. The van der Waals surface area contributed by atoms with Crippen LogP contribution in [0, 0.1) is 5.92 Å². The van der Waals surface area contributed by atoms with Crippen molar-refractivity contribution in [2.24, 2.45) is 5.92 Å². The second-order valence-corrected chi connectivity index (χ2v) is 5.01. The van der Waals surface area contributed by atoms with E-state index in [0.29, 0.717) is 0 Å². The van der Waals surface area contributed by atoms with Gasteiger partial charge in [-0.25, -0.2) is 0 Å². The number of nitrogens with zero attached hydrogens (tertiary/aromatic N) is 1. The van der Waals surface area contributed by atoms with Gasteiger partial charge in [-0.15, -0.1) is 0 Å². The first kappa shape index (κ1) is 11.9. The fourth-order valence-corrected chi connectivity index (χ4v) is 2.87. The van der Waals surface area contributed by atoms with E-state index in [0.717, 1.165) is 45.3 Å². The van der Waals surface area contributed by atoms with Crippen LogP contribution in [-0.4, -0.2) is 47.7 Å². The monoisotopic (exact) mass is 226 g/mol. The summed E-state index contributed by atoms with van der Waals surface area (Å²) in [7, 11) is 0. The molecule has 2 atom stereocenters. The minimum atomic E-state index is -0.395. The van der Waals surface area contributed by atoms with Crippen LogP contribution in [0.1, 0.15) is 32.6 Å². The standard InChI is InChI=1S/C12H22N2O2/c1-9(15)11-3-2-8-14(11)12(16)10-4-6-13-7-5-10/h9-11,13,15H,2-8H2,1H3/t9-,11+/m1/s1. The van der Waals surface area contributed by atoms with E-state index >= 15 is 0 Å². The Morgan fingerprint density at radius 3 is 2.69 bits per heavy atom. The molecule has 0 bridgehead atoms. The SMILES string of the molecule is C[C@@H](O)[C@@H]1CCCN1C(=O)C1CCNCC1. The summed E-state index contributed by atoms with van der Waals surface area (Å²) in [4.78, 5) is 14.2. The normalized spacial score (nSPS) is 29.4. The molecule has 0 aromatic carbocycles. The Bertz CT molecular complexity index is 249. The van der Waals surface area contributed by atoms with Gasteiger partial charge in [0.2, 0.25) is 5.91 Å². The van der Waals surface area contributed by atoms with Gasteiger partial charge in [0.15, 0.2) is 0 Å². The molecule has 2 saturated heterocycles. The first-order valence-electron chi connectivity index (χ1n) is 6.39. The molecule has 92 valence electrons. The van der Waals surface area contributed by atoms with Crippen molar-refractivity contribution < 1.29 is 9.90 Å². The smallest absolute Gasteiger partial charge is 0.226 e. The molecule has 0 unspecified atom stereocenters. The molecular formula is C12H22N2O2. The van der Waals surface area contributed by atoms with Crippen molar-refractivity contribution in [3.8, 4) is 0 Å². The van der Waals surface area contributed by atoms with Crippen LogP contribution in [0.3, 0.4) is 0 Å². The van der Waals surface area contributed by atoms with E-state index in [4.69, 9.17) is 0 Å². The topological polar surface area (TPSA) is 52.6 Å². The summed E-state index contributed by atoms with van der Waals surface area (Å²) in [5.41, 5.74) is 0. The predicted molar refractivity (Wildman–Crippen MR) is 62.0 cm³/mol. The molecule has 0 saturated carbocycles. The maximum atomic E-state index is 12.3. The number of hydrogen-bond donors (Lipinski definition) is 2. The second-order valence-electron chi connectivity index (χ2n) is 5.01.